The molecule has 0 aliphatic heterocycles. The average Bonchev–Trinajstić information content (AvgIpc) is 2.80. The fraction of sp³-hybridized carbons (Fsp3) is 0.625. The second kappa shape index (κ2) is 5.92. The van der Waals surface area contributed by atoms with Crippen molar-refractivity contribution < 1.29 is 13.2 Å². The van der Waals surface area contributed by atoms with E-state index in [2.05, 4.69) is 27.3 Å². The Hall–Kier alpha value is -0.550. The fourth-order valence-corrected chi connectivity index (χ4v) is 4.15. The summed E-state index contributed by atoms with van der Waals surface area (Å²) in [6, 6.07) is 5.73. The fourth-order valence-electron chi connectivity index (χ4n) is 3.74. The van der Waals surface area contributed by atoms with Crippen molar-refractivity contribution in [3.8, 4) is 0 Å². The molecule has 0 saturated heterocycles. The standard InChI is InChI=1S/C16H19BrF3N/c17-11-6-7-12-10(9-11)5-8-14(12)21-15-4-2-1-3-13(15)16(18,19)20/h6-7,9,13-15,21H,1-5,8H2. The van der Waals surface area contributed by atoms with Gasteiger partial charge in [-0.1, -0.05) is 34.8 Å². The van der Waals surface area contributed by atoms with Crippen molar-refractivity contribution in [1.82, 2.24) is 5.32 Å². The van der Waals surface area contributed by atoms with Crippen LogP contribution in [-0.2, 0) is 6.42 Å². The molecule has 1 fully saturated rings. The van der Waals surface area contributed by atoms with Crippen molar-refractivity contribution in [2.75, 3.05) is 0 Å². The molecule has 2 aliphatic carbocycles. The van der Waals surface area contributed by atoms with E-state index in [9.17, 15) is 13.2 Å². The van der Waals surface area contributed by atoms with Crippen LogP contribution in [0.5, 0.6) is 0 Å². The molecular weight excluding hydrogens is 343 g/mol. The molecule has 1 N–H and O–H groups in total. The van der Waals surface area contributed by atoms with Gasteiger partial charge in [-0.25, -0.2) is 0 Å². The molecule has 0 aromatic heterocycles. The van der Waals surface area contributed by atoms with E-state index in [4.69, 9.17) is 0 Å². The molecule has 0 amide bonds. The Morgan fingerprint density at radius 1 is 1.10 bits per heavy atom. The van der Waals surface area contributed by atoms with Gasteiger partial charge in [0.25, 0.3) is 0 Å². The van der Waals surface area contributed by atoms with Crippen molar-refractivity contribution in [2.45, 2.75) is 56.8 Å². The molecule has 2 aliphatic rings. The normalized spacial score (nSPS) is 29.4. The van der Waals surface area contributed by atoms with Crippen molar-refractivity contribution in [3.63, 3.8) is 0 Å². The summed E-state index contributed by atoms with van der Waals surface area (Å²) in [7, 11) is 0. The van der Waals surface area contributed by atoms with Gasteiger partial charge in [0.15, 0.2) is 0 Å². The molecule has 1 aromatic carbocycles. The summed E-state index contributed by atoms with van der Waals surface area (Å²) in [6.45, 7) is 0. The molecule has 0 radical (unpaired) electrons. The molecule has 3 atom stereocenters. The minimum Gasteiger partial charge on any atom is -0.307 e. The zero-order valence-electron chi connectivity index (χ0n) is 11.7. The van der Waals surface area contributed by atoms with Gasteiger partial charge in [-0.3, -0.25) is 0 Å². The van der Waals surface area contributed by atoms with Crippen molar-refractivity contribution in [3.05, 3.63) is 33.8 Å². The first-order valence-electron chi connectivity index (χ1n) is 7.56. The van der Waals surface area contributed by atoms with Gasteiger partial charge in [-0.05, 0) is 48.9 Å². The number of nitrogens with one attached hydrogen (secondary N) is 1. The Labute approximate surface area is 131 Å². The van der Waals surface area contributed by atoms with Crippen LogP contribution >= 0.6 is 15.9 Å². The number of aryl methyl sites for hydroxylation is 1. The third kappa shape index (κ3) is 3.29. The lowest BCUT2D eigenvalue weighted by atomic mass is 9.83. The van der Waals surface area contributed by atoms with E-state index in [1.54, 1.807) is 0 Å². The van der Waals surface area contributed by atoms with Crippen LogP contribution in [0.25, 0.3) is 0 Å². The molecule has 0 heterocycles. The highest BCUT2D eigenvalue weighted by Crippen LogP contribution is 2.40. The average molecular weight is 362 g/mol. The zero-order chi connectivity index (χ0) is 15.0. The van der Waals surface area contributed by atoms with E-state index in [0.717, 1.165) is 23.7 Å². The number of benzene rings is 1. The van der Waals surface area contributed by atoms with E-state index in [0.29, 0.717) is 12.8 Å². The third-order valence-electron chi connectivity index (χ3n) is 4.78. The maximum atomic E-state index is 13.2. The molecule has 1 saturated carbocycles. The van der Waals surface area contributed by atoms with Crippen LogP contribution in [0.4, 0.5) is 13.2 Å². The van der Waals surface area contributed by atoms with Gasteiger partial charge >= 0.3 is 6.18 Å². The number of hydrogen-bond donors (Lipinski definition) is 1. The number of fused-ring (bicyclic) bond motifs is 1. The Bertz CT molecular complexity index is 515. The van der Waals surface area contributed by atoms with Crippen LogP contribution in [0, 0.1) is 5.92 Å². The van der Waals surface area contributed by atoms with Gasteiger partial charge < -0.3 is 5.32 Å². The van der Waals surface area contributed by atoms with Crippen LogP contribution in [0.1, 0.15) is 49.3 Å². The summed E-state index contributed by atoms with van der Waals surface area (Å²) in [4.78, 5) is 0. The van der Waals surface area contributed by atoms with E-state index in [-0.39, 0.29) is 12.5 Å². The second-order valence-corrected chi connectivity index (χ2v) is 7.06. The number of alkyl halides is 3. The van der Waals surface area contributed by atoms with Crippen LogP contribution < -0.4 is 5.32 Å². The molecule has 1 nitrogen and oxygen atoms in total. The Morgan fingerprint density at radius 3 is 2.62 bits per heavy atom. The summed E-state index contributed by atoms with van der Waals surface area (Å²) in [5.41, 5.74) is 2.42. The van der Waals surface area contributed by atoms with E-state index < -0.39 is 18.1 Å². The van der Waals surface area contributed by atoms with E-state index in [1.165, 1.54) is 11.1 Å². The van der Waals surface area contributed by atoms with Crippen molar-refractivity contribution >= 4 is 15.9 Å². The van der Waals surface area contributed by atoms with Gasteiger partial charge in [-0.2, -0.15) is 13.2 Å². The highest BCUT2D eigenvalue weighted by molar-refractivity contribution is 9.10. The molecule has 3 rings (SSSR count). The first-order valence-corrected chi connectivity index (χ1v) is 8.35. The molecule has 116 valence electrons. The van der Waals surface area contributed by atoms with Crippen LogP contribution in [-0.4, -0.2) is 12.2 Å². The van der Waals surface area contributed by atoms with Crippen molar-refractivity contribution in [2.24, 2.45) is 5.92 Å². The quantitative estimate of drug-likeness (QED) is 0.768. The molecule has 0 spiro atoms. The van der Waals surface area contributed by atoms with Crippen LogP contribution in [0.3, 0.4) is 0 Å². The van der Waals surface area contributed by atoms with E-state index in [1.807, 2.05) is 12.1 Å². The maximum absolute atomic E-state index is 13.2. The molecule has 5 heteroatoms. The molecule has 0 bridgehead atoms. The monoisotopic (exact) mass is 361 g/mol. The highest BCUT2D eigenvalue weighted by Gasteiger charge is 2.46. The summed E-state index contributed by atoms with van der Waals surface area (Å²) in [5, 5.41) is 3.31. The highest BCUT2D eigenvalue weighted by atomic mass is 79.9. The number of halogens is 4. The molecule has 21 heavy (non-hydrogen) atoms. The Balaban J connectivity index is 1.75. The largest absolute Gasteiger partial charge is 0.393 e. The van der Waals surface area contributed by atoms with Crippen LogP contribution in [0.15, 0.2) is 22.7 Å². The minimum atomic E-state index is -4.08. The summed E-state index contributed by atoms with van der Waals surface area (Å²) >= 11 is 3.45. The van der Waals surface area contributed by atoms with Gasteiger partial charge in [0.1, 0.15) is 0 Å². The topological polar surface area (TPSA) is 12.0 Å². The summed E-state index contributed by atoms with van der Waals surface area (Å²) in [6.07, 6.45) is 0.232. The number of hydrogen-bond acceptors (Lipinski definition) is 1. The zero-order valence-corrected chi connectivity index (χ0v) is 13.3. The predicted molar refractivity (Wildman–Crippen MR) is 80.1 cm³/mol. The Morgan fingerprint density at radius 2 is 1.86 bits per heavy atom. The van der Waals surface area contributed by atoms with Gasteiger partial charge in [0.05, 0.1) is 5.92 Å². The van der Waals surface area contributed by atoms with Gasteiger partial charge in [-0.15, -0.1) is 0 Å². The lowest BCUT2D eigenvalue weighted by molar-refractivity contribution is -0.189. The molecular formula is C16H19BrF3N. The van der Waals surface area contributed by atoms with Gasteiger partial charge in [0, 0.05) is 16.6 Å². The SMILES string of the molecule is FC(F)(F)C1CCCCC1NC1CCc2cc(Br)ccc21. The second-order valence-electron chi connectivity index (χ2n) is 6.14. The van der Waals surface area contributed by atoms with Gasteiger partial charge in [0.2, 0.25) is 0 Å². The maximum Gasteiger partial charge on any atom is 0.393 e. The predicted octanol–water partition coefficient (Wildman–Crippen LogP) is 5.15. The van der Waals surface area contributed by atoms with Crippen molar-refractivity contribution in [1.29, 1.82) is 0 Å². The lowest BCUT2D eigenvalue weighted by Crippen LogP contribution is -2.46. The first kappa shape index (κ1) is 15.3. The minimum absolute atomic E-state index is 0.0704. The molecule has 1 aromatic rings. The Kier molecular flexibility index (Phi) is 4.33. The van der Waals surface area contributed by atoms with Crippen LogP contribution in [0.2, 0.25) is 0 Å². The first-order chi connectivity index (χ1) is 9.95. The van der Waals surface area contributed by atoms with E-state index >= 15 is 0 Å². The summed E-state index contributed by atoms with van der Waals surface area (Å²) in [5.74, 6) is -1.19. The molecule has 3 unspecified atom stereocenters. The smallest absolute Gasteiger partial charge is 0.307 e. The number of rotatable bonds is 2. The lowest BCUT2D eigenvalue weighted by Gasteiger charge is -2.35. The third-order valence-corrected chi connectivity index (χ3v) is 5.28. The summed E-state index contributed by atoms with van der Waals surface area (Å²) < 4.78 is 40.5.